The van der Waals surface area contributed by atoms with E-state index in [0.717, 1.165) is 17.0 Å². The fourth-order valence-electron chi connectivity index (χ4n) is 3.26. The van der Waals surface area contributed by atoms with Crippen LogP contribution in [0, 0.1) is 6.08 Å². The van der Waals surface area contributed by atoms with Crippen molar-refractivity contribution < 1.29 is 26.7 Å². The number of carbonyl (C=O) groups excluding carboxylic acids is 2. The van der Waals surface area contributed by atoms with Crippen LogP contribution in [0.25, 0.3) is 0 Å². The summed E-state index contributed by atoms with van der Waals surface area (Å²) in [6.45, 7) is -2.57. The van der Waals surface area contributed by atoms with E-state index < -0.39 is 6.89 Å². The van der Waals surface area contributed by atoms with Gasteiger partial charge in [-0.15, -0.1) is 6.42 Å². The molecule has 2 aliphatic carbocycles. The van der Waals surface area contributed by atoms with Crippen molar-refractivity contribution in [2.75, 3.05) is 0 Å². The van der Waals surface area contributed by atoms with E-state index >= 15 is 0 Å². The van der Waals surface area contributed by atoms with E-state index in [1.165, 1.54) is 0 Å². The van der Waals surface area contributed by atoms with Crippen LogP contribution in [0.3, 0.4) is 0 Å². The Balaban J connectivity index is 0.000000437. The maximum atomic E-state index is 12.3. The fourth-order valence-corrected chi connectivity index (χ4v) is 6.73. The van der Waals surface area contributed by atoms with Gasteiger partial charge in [-0.1, -0.05) is 78.9 Å². The van der Waals surface area contributed by atoms with Gasteiger partial charge in [-0.05, 0) is 16.7 Å². The van der Waals surface area contributed by atoms with Crippen LogP contribution in [-0.4, -0.2) is 17.3 Å². The summed E-state index contributed by atoms with van der Waals surface area (Å²) in [6.07, 6.45) is 17.3. The first-order chi connectivity index (χ1) is 13.8. The minimum atomic E-state index is -2.57. The van der Waals surface area contributed by atoms with Gasteiger partial charge in [-0.25, -0.2) is 21.7 Å². The Morgan fingerprint density at radius 2 is 1.48 bits per heavy atom. The van der Waals surface area contributed by atoms with Crippen LogP contribution in [-0.2, 0) is 26.7 Å². The minimum Gasteiger partial charge on any atom is -0.273 e. The van der Waals surface area contributed by atoms with E-state index in [1.807, 2.05) is 90.9 Å². The van der Waals surface area contributed by atoms with Gasteiger partial charge in [0.25, 0.3) is 0 Å². The second-order valence-electron chi connectivity index (χ2n) is 6.23. The Morgan fingerprint density at radius 1 is 0.862 bits per heavy atom. The van der Waals surface area contributed by atoms with Crippen molar-refractivity contribution in [1.29, 1.82) is 0 Å². The van der Waals surface area contributed by atoms with Crippen LogP contribution in [0.15, 0.2) is 109 Å². The molecule has 145 valence electrons. The molecule has 0 amide bonds. The van der Waals surface area contributed by atoms with E-state index in [4.69, 9.17) is 0 Å². The third-order valence-electron chi connectivity index (χ3n) is 4.59. The summed E-state index contributed by atoms with van der Waals surface area (Å²) in [4.78, 5) is 23.7. The quantitative estimate of drug-likeness (QED) is 0.310. The molecule has 4 heteroatoms. The van der Waals surface area contributed by atoms with Gasteiger partial charge in [0.05, 0.1) is 5.66 Å². The predicted octanol–water partition coefficient (Wildman–Crippen LogP) is 4.28. The summed E-state index contributed by atoms with van der Waals surface area (Å²) in [6, 6.07) is 19.3. The van der Waals surface area contributed by atoms with Gasteiger partial charge in [-0.3, -0.25) is 6.08 Å². The van der Waals surface area contributed by atoms with Gasteiger partial charge < -0.3 is 0 Å². The van der Waals surface area contributed by atoms with Crippen molar-refractivity contribution in [3.05, 3.63) is 115 Å². The standard InChI is InChI=1S/C20H15O2P.C5H5.Mn/c21-15-17-9-7-8-14-20(17)23(16-22,18-10-3-1-4-11-18)19-12-5-2-6-13-19;1-2-4-5-3-1;/h1-14,20H;1-3H,4H2;/q;-1;. The Labute approximate surface area is 182 Å². The molecule has 0 heterocycles. The molecule has 0 bridgehead atoms. The fraction of sp³-hybridized carbons (Fsp3) is 0.0800. The minimum absolute atomic E-state index is 0. The van der Waals surface area contributed by atoms with E-state index in [1.54, 1.807) is 12.2 Å². The van der Waals surface area contributed by atoms with Crippen molar-refractivity contribution in [2.45, 2.75) is 12.1 Å². The first-order valence-electron chi connectivity index (χ1n) is 9.04. The van der Waals surface area contributed by atoms with Crippen molar-refractivity contribution in [1.82, 2.24) is 0 Å². The van der Waals surface area contributed by atoms with Gasteiger partial charge in [0, 0.05) is 29.5 Å². The molecule has 1 radical (unpaired) electrons. The summed E-state index contributed by atoms with van der Waals surface area (Å²) < 4.78 is 0. The summed E-state index contributed by atoms with van der Waals surface area (Å²) >= 11 is 0. The molecule has 0 aliphatic heterocycles. The first kappa shape index (κ1) is 22.7. The predicted molar refractivity (Wildman–Crippen MR) is 118 cm³/mol. The van der Waals surface area contributed by atoms with Crippen LogP contribution >= 0.6 is 6.89 Å². The molecule has 4 rings (SSSR count). The zero-order valence-corrected chi connectivity index (χ0v) is 17.8. The molecule has 29 heavy (non-hydrogen) atoms. The largest absolute Gasteiger partial charge is 0.273 e. The van der Waals surface area contributed by atoms with E-state index in [9.17, 15) is 9.59 Å². The van der Waals surface area contributed by atoms with E-state index in [-0.39, 0.29) is 22.7 Å². The number of hydrogen-bond acceptors (Lipinski definition) is 2. The normalized spacial score (nSPS) is 16.3. The van der Waals surface area contributed by atoms with E-state index in [0.29, 0.717) is 5.57 Å². The number of allylic oxidation sites excluding steroid dienone is 9. The van der Waals surface area contributed by atoms with Crippen LogP contribution < -0.4 is 10.6 Å². The van der Waals surface area contributed by atoms with E-state index in [2.05, 4.69) is 17.8 Å². The molecule has 0 spiro atoms. The van der Waals surface area contributed by atoms with Crippen molar-refractivity contribution in [3.63, 3.8) is 0 Å². The van der Waals surface area contributed by atoms with Gasteiger partial charge in [0.2, 0.25) is 0 Å². The van der Waals surface area contributed by atoms with Gasteiger partial charge in [0.1, 0.15) is 11.6 Å². The number of rotatable bonds is 3. The zero-order valence-electron chi connectivity index (χ0n) is 15.7. The molecule has 2 nitrogen and oxygen atoms in total. The molecule has 2 aliphatic rings. The Hall–Kier alpha value is -2.62. The number of hydrogen-bond donors (Lipinski definition) is 0. The third-order valence-corrected chi connectivity index (χ3v) is 8.39. The molecular weight excluding hydrogens is 418 g/mol. The summed E-state index contributed by atoms with van der Waals surface area (Å²) in [7, 11) is 0. The maximum Gasteiger partial charge on any atom is 0.128 e. The topological polar surface area (TPSA) is 34.1 Å². The Kier molecular flexibility index (Phi) is 8.91. The molecule has 0 N–H and O–H groups in total. The van der Waals surface area contributed by atoms with Crippen molar-refractivity contribution in [3.8, 4) is 0 Å². The third kappa shape index (κ3) is 5.06. The Morgan fingerprint density at radius 3 is 1.90 bits per heavy atom. The molecule has 0 saturated carbocycles. The first-order valence-corrected chi connectivity index (χ1v) is 10.9. The zero-order chi connectivity index (χ0) is 19.7. The average Bonchev–Trinajstić information content (AvgIpc) is 3.37. The van der Waals surface area contributed by atoms with Crippen molar-refractivity contribution in [2.24, 2.45) is 0 Å². The van der Waals surface area contributed by atoms with Gasteiger partial charge in [0.15, 0.2) is 0 Å². The SMILES string of the molecule is O=C=C1C=CC=CC1P(=C=O)(c1ccccc1)c1ccccc1.[C-]1=CC=CC1.[Mn]. The summed E-state index contributed by atoms with van der Waals surface area (Å²) in [5.74, 6) is 2.01. The monoisotopic (exact) mass is 438 g/mol. The molecule has 2 aromatic carbocycles. The van der Waals surface area contributed by atoms with Gasteiger partial charge >= 0.3 is 0 Å². The van der Waals surface area contributed by atoms with Gasteiger partial charge in [-0.2, -0.15) is 6.08 Å². The Bertz CT molecular complexity index is 999. The van der Waals surface area contributed by atoms with Crippen LogP contribution in [0.4, 0.5) is 0 Å². The average molecular weight is 438 g/mol. The molecule has 1 unspecified atom stereocenters. The summed E-state index contributed by atoms with van der Waals surface area (Å²) in [5.41, 5.74) is 2.53. The van der Waals surface area contributed by atoms with Crippen molar-refractivity contribution >= 4 is 29.1 Å². The smallest absolute Gasteiger partial charge is 0.128 e. The van der Waals surface area contributed by atoms with Crippen LogP contribution in [0.2, 0.25) is 0 Å². The molecule has 0 fully saturated rings. The summed E-state index contributed by atoms with van der Waals surface area (Å²) in [5, 5.41) is 1.83. The molecular formula is C25H20MnO2P-. The van der Waals surface area contributed by atoms with Crippen LogP contribution in [0.1, 0.15) is 6.42 Å². The van der Waals surface area contributed by atoms with Crippen LogP contribution in [0.5, 0.6) is 0 Å². The second kappa shape index (κ2) is 11.4. The molecule has 1 atom stereocenters. The molecule has 2 aromatic rings. The molecule has 0 saturated heterocycles. The number of benzene rings is 2. The molecule has 0 aromatic heterocycles. The maximum absolute atomic E-state index is 12.3. The second-order valence-corrected chi connectivity index (χ2v) is 9.45.